The van der Waals surface area contributed by atoms with E-state index in [1.54, 1.807) is 4.57 Å². The quantitative estimate of drug-likeness (QED) is 0.803. The summed E-state index contributed by atoms with van der Waals surface area (Å²) in [6, 6.07) is 2.52. The monoisotopic (exact) mass is 316 g/mol. The number of rotatable bonds is 6. The highest BCUT2D eigenvalue weighted by molar-refractivity contribution is 7.91. The molecule has 0 amide bonds. The number of aromatic nitrogens is 3. The van der Waals surface area contributed by atoms with Crippen molar-refractivity contribution in [2.45, 2.75) is 24.2 Å². The molecule has 0 saturated carbocycles. The molecule has 0 aliphatic carbocycles. The molecule has 2 N–H and O–H groups in total. The second-order valence-corrected chi connectivity index (χ2v) is 6.86. The van der Waals surface area contributed by atoms with Gasteiger partial charge in [-0.15, -0.1) is 21.5 Å². The number of nitrogens with zero attached hydrogens (tertiary/aromatic N) is 3. The van der Waals surface area contributed by atoms with Gasteiger partial charge in [0.2, 0.25) is 10.0 Å². The third kappa shape index (κ3) is 3.03. The molecular formula is C10H12N4O4S2. The molecule has 2 aromatic rings. The van der Waals surface area contributed by atoms with Crippen molar-refractivity contribution in [1.29, 1.82) is 0 Å². The maximum Gasteiger partial charge on any atom is 0.345 e. The molecule has 0 spiro atoms. The fourth-order valence-corrected chi connectivity index (χ4v) is 3.66. The Balaban J connectivity index is 2.13. The predicted molar refractivity (Wildman–Crippen MR) is 71.0 cm³/mol. The number of thiophene rings is 1. The molecule has 0 saturated heterocycles. The normalized spacial score (nSPS) is 11.7. The Labute approximate surface area is 119 Å². The third-order valence-corrected chi connectivity index (χ3v) is 5.48. The molecule has 20 heavy (non-hydrogen) atoms. The number of aromatic carboxylic acids is 1. The number of carboxylic acids is 1. The first-order chi connectivity index (χ1) is 9.44. The van der Waals surface area contributed by atoms with Crippen molar-refractivity contribution in [2.75, 3.05) is 0 Å². The summed E-state index contributed by atoms with van der Waals surface area (Å²) in [6.45, 7) is 2.52. The number of nitrogens with one attached hydrogen (secondary N) is 1. The highest BCUT2D eigenvalue weighted by atomic mass is 32.2. The molecule has 0 aromatic carbocycles. The van der Waals surface area contributed by atoms with Crippen LogP contribution in [0.2, 0.25) is 0 Å². The molecule has 2 rings (SSSR count). The Morgan fingerprint density at radius 2 is 2.25 bits per heavy atom. The summed E-state index contributed by atoms with van der Waals surface area (Å²) in [4.78, 5) is 10.7. The van der Waals surface area contributed by atoms with E-state index in [0.29, 0.717) is 23.7 Å². The van der Waals surface area contributed by atoms with Gasteiger partial charge in [-0.3, -0.25) is 0 Å². The van der Waals surface area contributed by atoms with E-state index in [4.69, 9.17) is 5.11 Å². The first-order valence-electron chi connectivity index (χ1n) is 5.63. The number of hydrogen-bond acceptors (Lipinski definition) is 6. The molecule has 0 radical (unpaired) electrons. The van der Waals surface area contributed by atoms with Gasteiger partial charge in [-0.05, 0) is 19.1 Å². The van der Waals surface area contributed by atoms with E-state index in [-0.39, 0.29) is 15.6 Å². The van der Waals surface area contributed by atoms with E-state index >= 15 is 0 Å². The lowest BCUT2D eigenvalue weighted by Crippen LogP contribution is -2.24. The molecule has 0 atom stereocenters. The summed E-state index contributed by atoms with van der Waals surface area (Å²) in [5.74, 6) is -0.659. The average Bonchev–Trinajstić information content (AvgIpc) is 3.05. The van der Waals surface area contributed by atoms with E-state index in [1.807, 2.05) is 6.92 Å². The first kappa shape index (κ1) is 14.6. The van der Waals surface area contributed by atoms with Gasteiger partial charge in [-0.25, -0.2) is 17.9 Å². The van der Waals surface area contributed by atoms with Gasteiger partial charge in [0.25, 0.3) is 0 Å². The van der Waals surface area contributed by atoms with Crippen LogP contribution >= 0.6 is 11.3 Å². The minimum Gasteiger partial charge on any atom is -0.477 e. The minimum absolute atomic E-state index is 0.00349. The molecule has 0 bridgehead atoms. The van der Waals surface area contributed by atoms with Crippen LogP contribution in [0.4, 0.5) is 0 Å². The van der Waals surface area contributed by atoms with Crippen molar-refractivity contribution in [2.24, 2.45) is 0 Å². The van der Waals surface area contributed by atoms with Crippen LogP contribution in [0.25, 0.3) is 0 Å². The number of aryl methyl sites for hydroxylation is 1. The van der Waals surface area contributed by atoms with Gasteiger partial charge in [-0.2, -0.15) is 0 Å². The molecule has 108 valence electrons. The zero-order valence-electron chi connectivity index (χ0n) is 10.5. The Morgan fingerprint density at radius 3 is 2.85 bits per heavy atom. The molecule has 0 fully saturated rings. The summed E-state index contributed by atoms with van der Waals surface area (Å²) < 4.78 is 28.1. The van der Waals surface area contributed by atoms with Gasteiger partial charge in [0.15, 0.2) is 0 Å². The Morgan fingerprint density at radius 1 is 1.50 bits per heavy atom. The van der Waals surface area contributed by atoms with Crippen molar-refractivity contribution < 1.29 is 18.3 Å². The fraction of sp³-hybridized carbons (Fsp3) is 0.300. The van der Waals surface area contributed by atoms with Crippen LogP contribution in [0.3, 0.4) is 0 Å². The van der Waals surface area contributed by atoms with Crippen LogP contribution in [0.5, 0.6) is 0 Å². The first-order valence-corrected chi connectivity index (χ1v) is 7.93. The summed E-state index contributed by atoms with van der Waals surface area (Å²) in [6.07, 6.45) is 1.51. The zero-order chi connectivity index (χ0) is 14.8. The summed E-state index contributed by atoms with van der Waals surface area (Å²) in [5, 5.41) is 16.3. The largest absolute Gasteiger partial charge is 0.477 e. The highest BCUT2D eigenvalue weighted by Gasteiger charge is 2.19. The summed E-state index contributed by atoms with van der Waals surface area (Å²) >= 11 is 0.702. The van der Waals surface area contributed by atoms with Gasteiger partial charge in [-0.1, -0.05) is 0 Å². The zero-order valence-corrected chi connectivity index (χ0v) is 12.1. The van der Waals surface area contributed by atoms with E-state index in [1.165, 1.54) is 18.5 Å². The van der Waals surface area contributed by atoms with E-state index in [2.05, 4.69) is 14.9 Å². The van der Waals surface area contributed by atoms with Crippen molar-refractivity contribution in [3.63, 3.8) is 0 Å². The van der Waals surface area contributed by atoms with E-state index in [9.17, 15) is 13.2 Å². The molecule has 2 heterocycles. The SMILES string of the molecule is CCn1cnnc1CNS(=O)(=O)c1ccc(C(=O)O)s1. The second-order valence-electron chi connectivity index (χ2n) is 3.78. The number of sulfonamides is 1. The lowest BCUT2D eigenvalue weighted by Gasteiger charge is -2.05. The minimum atomic E-state index is -3.75. The molecule has 8 nitrogen and oxygen atoms in total. The Bertz CT molecular complexity index is 719. The number of carbonyl (C=O) groups is 1. The molecule has 10 heteroatoms. The Hall–Kier alpha value is -1.78. The maximum absolute atomic E-state index is 12.0. The third-order valence-electron chi connectivity index (χ3n) is 2.51. The summed E-state index contributed by atoms with van der Waals surface area (Å²) in [5.41, 5.74) is 0. The van der Waals surface area contributed by atoms with Gasteiger partial charge in [0, 0.05) is 6.54 Å². The van der Waals surface area contributed by atoms with Crippen LogP contribution in [0, 0.1) is 0 Å². The fourth-order valence-electron chi connectivity index (χ4n) is 1.49. The second kappa shape index (κ2) is 5.69. The topological polar surface area (TPSA) is 114 Å². The smallest absolute Gasteiger partial charge is 0.345 e. The number of carboxylic acid groups (broad SMARTS) is 1. The van der Waals surface area contributed by atoms with Crippen molar-refractivity contribution in [1.82, 2.24) is 19.5 Å². The van der Waals surface area contributed by atoms with Gasteiger partial charge < -0.3 is 9.67 Å². The highest BCUT2D eigenvalue weighted by Crippen LogP contribution is 2.21. The molecule has 0 aliphatic rings. The van der Waals surface area contributed by atoms with Crippen molar-refractivity contribution >= 4 is 27.3 Å². The van der Waals surface area contributed by atoms with Crippen LogP contribution < -0.4 is 4.72 Å². The lowest BCUT2D eigenvalue weighted by molar-refractivity contribution is 0.0702. The van der Waals surface area contributed by atoms with Gasteiger partial charge >= 0.3 is 5.97 Å². The maximum atomic E-state index is 12.0. The lowest BCUT2D eigenvalue weighted by atomic mass is 10.5. The van der Waals surface area contributed by atoms with Crippen LogP contribution in [-0.2, 0) is 23.1 Å². The average molecular weight is 316 g/mol. The van der Waals surface area contributed by atoms with E-state index < -0.39 is 16.0 Å². The van der Waals surface area contributed by atoms with Crippen molar-refractivity contribution in [3.05, 3.63) is 29.2 Å². The van der Waals surface area contributed by atoms with E-state index in [0.717, 1.165) is 0 Å². The van der Waals surface area contributed by atoms with Crippen LogP contribution in [0.1, 0.15) is 22.4 Å². The number of hydrogen-bond donors (Lipinski definition) is 2. The Kier molecular flexibility index (Phi) is 4.16. The predicted octanol–water partition coefficient (Wildman–Crippen LogP) is 0.536. The van der Waals surface area contributed by atoms with Crippen LogP contribution in [-0.4, -0.2) is 34.3 Å². The molecule has 0 aliphatic heterocycles. The molecule has 2 aromatic heterocycles. The van der Waals surface area contributed by atoms with Crippen LogP contribution in [0.15, 0.2) is 22.7 Å². The van der Waals surface area contributed by atoms with Gasteiger partial charge in [0.1, 0.15) is 21.2 Å². The molecular weight excluding hydrogens is 304 g/mol. The van der Waals surface area contributed by atoms with Crippen molar-refractivity contribution in [3.8, 4) is 0 Å². The summed E-state index contributed by atoms with van der Waals surface area (Å²) in [7, 11) is -3.75. The van der Waals surface area contributed by atoms with Gasteiger partial charge in [0.05, 0.1) is 6.54 Å². The standard InChI is InChI=1S/C10H12N4O4S2/c1-2-14-6-11-13-8(14)5-12-20(17,18)9-4-3-7(19-9)10(15)16/h3-4,6,12H,2,5H2,1H3,(H,15,16). The molecule has 0 unspecified atom stereocenters.